The molecule has 0 aliphatic heterocycles. The van der Waals surface area contributed by atoms with E-state index in [4.69, 9.17) is 14.7 Å². The Morgan fingerprint density at radius 2 is 1.86 bits per heavy atom. The van der Waals surface area contributed by atoms with Gasteiger partial charge in [0.15, 0.2) is 6.10 Å². The predicted molar refractivity (Wildman–Crippen MR) is 73.9 cm³/mol. The molecule has 1 aromatic carbocycles. The summed E-state index contributed by atoms with van der Waals surface area (Å²) in [6.07, 6.45) is -0.939. The summed E-state index contributed by atoms with van der Waals surface area (Å²) in [5.41, 5.74) is 0. The molecule has 1 N–H and O–H groups in total. The molecule has 0 fully saturated rings. The molecule has 0 spiro atoms. The van der Waals surface area contributed by atoms with Gasteiger partial charge in [0.1, 0.15) is 17.9 Å². The lowest BCUT2D eigenvalue weighted by Crippen LogP contribution is -2.40. The van der Waals surface area contributed by atoms with Crippen LogP contribution in [0.1, 0.15) is 13.8 Å². The van der Waals surface area contributed by atoms with E-state index < -0.39 is 28.1 Å². The van der Waals surface area contributed by atoms with Crippen molar-refractivity contribution in [3.05, 3.63) is 24.3 Å². The smallest absolute Gasteiger partial charge is 0.325 e. The van der Waals surface area contributed by atoms with E-state index in [1.54, 1.807) is 6.07 Å². The molecule has 0 saturated carbocycles. The fourth-order valence-electron chi connectivity index (χ4n) is 1.41. The van der Waals surface area contributed by atoms with Crippen LogP contribution < -0.4 is 9.46 Å². The van der Waals surface area contributed by atoms with Gasteiger partial charge in [-0.25, -0.2) is 8.42 Å². The van der Waals surface area contributed by atoms with E-state index in [-0.39, 0.29) is 4.90 Å². The van der Waals surface area contributed by atoms with Crippen molar-refractivity contribution in [1.29, 1.82) is 5.26 Å². The van der Waals surface area contributed by atoms with Crippen LogP contribution in [0.25, 0.3) is 0 Å². The number of carbonyl (C=O) groups is 1. The third kappa shape index (κ3) is 4.73. The highest BCUT2D eigenvalue weighted by Crippen LogP contribution is 2.15. The molecule has 1 rings (SSSR count). The Bertz CT molecular complexity index is 634. The summed E-state index contributed by atoms with van der Waals surface area (Å²) in [5, 5.41) is 8.55. The van der Waals surface area contributed by atoms with Gasteiger partial charge in [0.05, 0.1) is 12.0 Å². The Balaban J connectivity index is 2.79. The van der Waals surface area contributed by atoms with E-state index in [0.717, 1.165) is 0 Å². The first kappa shape index (κ1) is 16.9. The van der Waals surface area contributed by atoms with Crippen molar-refractivity contribution in [2.24, 2.45) is 0 Å². The van der Waals surface area contributed by atoms with Crippen LogP contribution >= 0.6 is 0 Å². The van der Waals surface area contributed by atoms with Crippen LogP contribution in [-0.4, -0.2) is 33.6 Å². The van der Waals surface area contributed by atoms with Gasteiger partial charge in [-0.1, -0.05) is 0 Å². The van der Waals surface area contributed by atoms with Gasteiger partial charge in [0.25, 0.3) is 0 Å². The van der Waals surface area contributed by atoms with Gasteiger partial charge in [-0.2, -0.15) is 9.98 Å². The Kier molecular flexibility index (Phi) is 5.69. The normalized spacial score (nSPS) is 13.8. The van der Waals surface area contributed by atoms with Crippen molar-refractivity contribution < 1.29 is 22.7 Å². The van der Waals surface area contributed by atoms with Crippen LogP contribution in [-0.2, 0) is 19.6 Å². The lowest BCUT2D eigenvalue weighted by Gasteiger charge is -2.14. The summed E-state index contributed by atoms with van der Waals surface area (Å²) >= 11 is 0. The average Bonchev–Trinajstić information content (AvgIpc) is 2.46. The molecular formula is C13H16N2O5S. The number of ether oxygens (including phenoxy) is 2. The van der Waals surface area contributed by atoms with E-state index >= 15 is 0 Å². The van der Waals surface area contributed by atoms with E-state index in [2.05, 4.69) is 4.72 Å². The largest absolute Gasteiger partial charge is 0.497 e. The molecule has 0 amide bonds. The number of hydrogen-bond acceptors (Lipinski definition) is 6. The minimum atomic E-state index is -3.86. The molecule has 0 heterocycles. The highest BCUT2D eigenvalue weighted by atomic mass is 32.2. The first-order chi connectivity index (χ1) is 9.80. The van der Waals surface area contributed by atoms with Crippen LogP contribution in [0.15, 0.2) is 29.2 Å². The summed E-state index contributed by atoms with van der Waals surface area (Å²) < 4.78 is 36.0. The molecule has 0 bridgehead atoms. The number of nitrogens with zero attached hydrogens (tertiary/aromatic N) is 1. The summed E-state index contributed by atoms with van der Waals surface area (Å²) in [4.78, 5) is 11.6. The first-order valence-electron chi connectivity index (χ1n) is 6.06. The Morgan fingerprint density at radius 1 is 1.29 bits per heavy atom. The number of nitriles is 1. The number of benzene rings is 1. The van der Waals surface area contributed by atoms with Gasteiger partial charge in [0.2, 0.25) is 10.0 Å². The van der Waals surface area contributed by atoms with Crippen LogP contribution in [0.2, 0.25) is 0 Å². The van der Waals surface area contributed by atoms with Crippen molar-refractivity contribution in [3.8, 4) is 11.8 Å². The molecule has 7 nitrogen and oxygen atoms in total. The molecular weight excluding hydrogens is 296 g/mol. The van der Waals surface area contributed by atoms with Crippen molar-refractivity contribution >= 4 is 16.0 Å². The fourth-order valence-corrected chi connectivity index (χ4v) is 2.60. The first-order valence-corrected chi connectivity index (χ1v) is 7.55. The number of methoxy groups -OCH3 is 1. The summed E-state index contributed by atoms with van der Waals surface area (Å²) in [6.45, 7) is 2.73. The van der Waals surface area contributed by atoms with Crippen LogP contribution in [0.4, 0.5) is 0 Å². The fraction of sp³-hybridized carbons (Fsp3) is 0.385. The third-order valence-electron chi connectivity index (χ3n) is 2.53. The maximum atomic E-state index is 12.1. The summed E-state index contributed by atoms with van der Waals surface area (Å²) in [7, 11) is -2.39. The van der Waals surface area contributed by atoms with Gasteiger partial charge >= 0.3 is 5.97 Å². The van der Waals surface area contributed by atoms with Gasteiger partial charge in [0, 0.05) is 0 Å². The maximum Gasteiger partial charge on any atom is 0.325 e. The van der Waals surface area contributed by atoms with E-state index in [1.165, 1.54) is 45.2 Å². The highest BCUT2D eigenvalue weighted by molar-refractivity contribution is 7.89. The van der Waals surface area contributed by atoms with Crippen LogP contribution in [0.5, 0.6) is 5.75 Å². The molecule has 0 aliphatic rings. The topological polar surface area (TPSA) is 105 Å². The second kappa shape index (κ2) is 7.06. The molecule has 114 valence electrons. The number of carbonyl (C=O) groups excluding carboxylic acids is 1. The molecule has 0 radical (unpaired) electrons. The van der Waals surface area contributed by atoms with Gasteiger partial charge in [-0.05, 0) is 38.1 Å². The molecule has 8 heteroatoms. The molecule has 2 atom stereocenters. The molecule has 1 aromatic rings. The minimum absolute atomic E-state index is 0.00344. The Labute approximate surface area is 123 Å². The lowest BCUT2D eigenvalue weighted by atomic mass is 10.3. The van der Waals surface area contributed by atoms with E-state index in [0.29, 0.717) is 5.75 Å². The number of nitrogens with one attached hydrogen (secondary N) is 1. The van der Waals surface area contributed by atoms with Crippen LogP contribution in [0, 0.1) is 11.3 Å². The second-order valence-corrected chi connectivity index (χ2v) is 5.94. The van der Waals surface area contributed by atoms with Gasteiger partial charge in [-0.3, -0.25) is 4.79 Å². The molecule has 0 aliphatic carbocycles. The summed E-state index contributed by atoms with van der Waals surface area (Å²) in [6, 6.07) is 6.33. The van der Waals surface area contributed by atoms with Crippen molar-refractivity contribution in [1.82, 2.24) is 4.72 Å². The lowest BCUT2D eigenvalue weighted by molar-refractivity contribution is -0.147. The monoisotopic (exact) mass is 312 g/mol. The van der Waals surface area contributed by atoms with Crippen molar-refractivity contribution in [3.63, 3.8) is 0 Å². The Hall–Kier alpha value is -2.11. The predicted octanol–water partition coefficient (Wildman–Crippen LogP) is 0.817. The summed E-state index contributed by atoms with van der Waals surface area (Å²) in [5.74, 6) is -0.301. The zero-order valence-electron chi connectivity index (χ0n) is 11.9. The van der Waals surface area contributed by atoms with Gasteiger partial charge in [-0.15, -0.1) is 0 Å². The Morgan fingerprint density at radius 3 is 2.33 bits per heavy atom. The molecule has 0 aromatic heterocycles. The zero-order chi connectivity index (χ0) is 16.0. The van der Waals surface area contributed by atoms with E-state index in [9.17, 15) is 13.2 Å². The van der Waals surface area contributed by atoms with Gasteiger partial charge < -0.3 is 9.47 Å². The number of sulfonamides is 1. The number of rotatable bonds is 6. The molecule has 21 heavy (non-hydrogen) atoms. The second-order valence-electron chi connectivity index (χ2n) is 4.23. The van der Waals surface area contributed by atoms with Crippen molar-refractivity contribution in [2.75, 3.05) is 7.11 Å². The SMILES string of the molecule is COc1ccc(S(=O)(=O)N[C@@H](C)C(=O)O[C@H](C)C#N)cc1. The minimum Gasteiger partial charge on any atom is -0.497 e. The third-order valence-corrected chi connectivity index (χ3v) is 4.09. The maximum absolute atomic E-state index is 12.1. The van der Waals surface area contributed by atoms with E-state index in [1.807, 2.05) is 0 Å². The zero-order valence-corrected chi connectivity index (χ0v) is 12.7. The number of hydrogen-bond donors (Lipinski definition) is 1. The van der Waals surface area contributed by atoms with Crippen LogP contribution in [0.3, 0.4) is 0 Å². The molecule has 0 saturated heterocycles. The quantitative estimate of drug-likeness (QED) is 0.779. The standard InChI is InChI=1S/C13H16N2O5S/c1-9(8-14)20-13(16)10(2)15-21(17,18)12-6-4-11(19-3)5-7-12/h4-7,9-10,15H,1-3H3/t9-,10+/m1/s1. The molecule has 0 unspecified atom stereocenters. The highest BCUT2D eigenvalue weighted by Gasteiger charge is 2.24. The number of esters is 1. The van der Waals surface area contributed by atoms with Crippen molar-refractivity contribution in [2.45, 2.75) is 30.9 Å². The average molecular weight is 312 g/mol.